The molecule has 2 amide bonds. The van der Waals surface area contributed by atoms with Crippen molar-refractivity contribution >= 4 is 17.5 Å². The molecule has 0 radical (unpaired) electrons. The Morgan fingerprint density at radius 2 is 1.76 bits per heavy atom. The number of rotatable bonds is 7. The van der Waals surface area contributed by atoms with Crippen molar-refractivity contribution in [1.29, 1.82) is 0 Å². The maximum atomic E-state index is 13.9. The first-order valence-corrected chi connectivity index (χ1v) is 11.8. The molecule has 192 valence electrons. The number of amides is 2. The predicted octanol–water partition coefficient (Wildman–Crippen LogP) is 4.38. The third kappa shape index (κ3) is 6.08. The fourth-order valence-corrected chi connectivity index (χ4v) is 3.91. The van der Waals surface area contributed by atoms with Crippen molar-refractivity contribution in [2.45, 2.75) is 52.7 Å². The number of benzene rings is 2. The molecule has 2 heterocycles. The summed E-state index contributed by atoms with van der Waals surface area (Å²) in [4.78, 5) is 30.1. The highest BCUT2D eigenvalue weighted by molar-refractivity contribution is 6.01. The van der Waals surface area contributed by atoms with Crippen LogP contribution in [0.25, 0.3) is 11.6 Å². The second-order valence-electron chi connectivity index (χ2n) is 9.80. The number of para-hydroxylation sites is 1. The predicted molar refractivity (Wildman–Crippen MR) is 136 cm³/mol. The van der Waals surface area contributed by atoms with Crippen LogP contribution in [0.4, 0.5) is 10.1 Å². The van der Waals surface area contributed by atoms with Crippen molar-refractivity contribution in [1.82, 2.24) is 25.5 Å². The monoisotopic (exact) mass is 504 g/mol. The molecule has 1 N–H and O–H groups in total. The van der Waals surface area contributed by atoms with Crippen molar-refractivity contribution in [3.8, 4) is 11.6 Å². The van der Waals surface area contributed by atoms with Crippen molar-refractivity contribution in [2.75, 3.05) is 4.90 Å². The summed E-state index contributed by atoms with van der Waals surface area (Å²) in [5, 5.41) is 15.2. The molecule has 0 saturated heterocycles. The van der Waals surface area contributed by atoms with Gasteiger partial charge in [-0.15, -0.1) is 10.2 Å². The van der Waals surface area contributed by atoms with Gasteiger partial charge >= 0.3 is 0 Å². The van der Waals surface area contributed by atoms with Gasteiger partial charge in [-0.05, 0) is 81.3 Å². The van der Waals surface area contributed by atoms with Gasteiger partial charge in [0.05, 0.1) is 0 Å². The zero-order chi connectivity index (χ0) is 26.7. The second kappa shape index (κ2) is 10.3. The lowest BCUT2D eigenvalue weighted by atomic mass is 10.00. The van der Waals surface area contributed by atoms with Gasteiger partial charge in [-0.25, -0.2) is 4.39 Å². The molecule has 10 heteroatoms. The van der Waals surface area contributed by atoms with Crippen LogP contribution in [0.3, 0.4) is 0 Å². The van der Waals surface area contributed by atoms with Crippen LogP contribution in [-0.2, 0) is 16.1 Å². The lowest BCUT2D eigenvalue weighted by Crippen LogP contribution is -2.50. The van der Waals surface area contributed by atoms with Crippen LogP contribution in [0, 0.1) is 19.7 Å². The molecule has 0 aliphatic rings. The van der Waals surface area contributed by atoms with Gasteiger partial charge in [-0.2, -0.15) is 4.80 Å². The average Bonchev–Trinajstić information content (AvgIpc) is 3.46. The molecule has 0 saturated carbocycles. The van der Waals surface area contributed by atoms with Gasteiger partial charge in [0.15, 0.2) is 5.76 Å². The van der Waals surface area contributed by atoms with E-state index in [1.165, 1.54) is 29.2 Å². The molecule has 2 aromatic heterocycles. The number of furan rings is 1. The minimum atomic E-state index is -1.08. The van der Waals surface area contributed by atoms with E-state index in [4.69, 9.17) is 4.42 Å². The highest BCUT2D eigenvalue weighted by Gasteiger charge is 2.35. The summed E-state index contributed by atoms with van der Waals surface area (Å²) in [6.07, 6.45) is 0. The van der Waals surface area contributed by atoms with Gasteiger partial charge in [-0.1, -0.05) is 30.3 Å². The molecule has 37 heavy (non-hydrogen) atoms. The summed E-state index contributed by atoms with van der Waals surface area (Å²) in [7, 11) is 0. The van der Waals surface area contributed by atoms with E-state index < -0.39 is 29.2 Å². The van der Waals surface area contributed by atoms with E-state index in [1.54, 1.807) is 31.2 Å². The average molecular weight is 505 g/mol. The first kappa shape index (κ1) is 25.7. The lowest BCUT2D eigenvalue weighted by Gasteiger charge is -2.34. The summed E-state index contributed by atoms with van der Waals surface area (Å²) < 4.78 is 19.3. The molecule has 4 aromatic rings. The Balaban J connectivity index is 1.76. The minimum absolute atomic E-state index is 0.240. The zero-order valence-corrected chi connectivity index (χ0v) is 21.4. The highest BCUT2D eigenvalue weighted by Crippen LogP contribution is 2.31. The number of nitrogens with zero attached hydrogens (tertiary/aromatic N) is 5. The molecule has 4 rings (SSSR count). The van der Waals surface area contributed by atoms with Crippen LogP contribution >= 0.6 is 0 Å². The van der Waals surface area contributed by atoms with Gasteiger partial charge in [0, 0.05) is 11.2 Å². The fraction of sp³-hybridized carbons (Fsp3) is 0.296. The molecule has 1 unspecified atom stereocenters. The van der Waals surface area contributed by atoms with Gasteiger partial charge in [-0.3, -0.25) is 14.5 Å². The van der Waals surface area contributed by atoms with E-state index >= 15 is 0 Å². The molecule has 2 aromatic carbocycles. The maximum absolute atomic E-state index is 13.9. The van der Waals surface area contributed by atoms with E-state index in [9.17, 15) is 14.0 Å². The van der Waals surface area contributed by atoms with Crippen LogP contribution in [0.15, 0.2) is 65.1 Å². The minimum Gasteiger partial charge on any atom is -0.458 e. The number of nitrogens with one attached hydrogen (secondary N) is 1. The van der Waals surface area contributed by atoms with E-state index in [2.05, 4.69) is 20.7 Å². The van der Waals surface area contributed by atoms with Gasteiger partial charge < -0.3 is 9.73 Å². The van der Waals surface area contributed by atoms with Crippen LogP contribution in [0.5, 0.6) is 0 Å². The van der Waals surface area contributed by atoms with Gasteiger partial charge in [0.1, 0.15) is 24.2 Å². The number of hydrogen-bond acceptors (Lipinski definition) is 6. The first-order valence-electron chi connectivity index (χ1n) is 11.8. The van der Waals surface area contributed by atoms with Crippen LogP contribution in [0.1, 0.15) is 43.7 Å². The topological polar surface area (TPSA) is 106 Å². The van der Waals surface area contributed by atoms with Crippen molar-refractivity contribution < 1.29 is 18.4 Å². The van der Waals surface area contributed by atoms with Gasteiger partial charge in [0.2, 0.25) is 11.7 Å². The summed E-state index contributed by atoms with van der Waals surface area (Å²) in [6.45, 7) is 8.92. The SMILES string of the molecule is Cc1ccc(-c2nnn(CC(=O)N(c3ccccc3C)C(C(=O)NC(C)(C)C)c3ccc(F)cc3)n2)o1. The number of hydrogen-bond donors (Lipinski definition) is 1. The number of carbonyl (C=O) groups is 2. The van der Waals surface area contributed by atoms with Crippen molar-refractivity contribution in [3.63, 3.8) is 0 Å². The maximum Gasteiger partial charge on any atom is 0.251 e. The smallest absolute Gasteiger partial charge is 0.251 e. The molecule has 0 bridgehead atoms. The Labute approximate surface area is 214 Å². The summed E-state index contributed by atoms with van der Waals surface area (Å²) in [5.41, 5.74) is 1.20. The Morgan fingerprint density at radius 3 is 2.38 bits per heavy atom. The Hall–Kier alpha value is -4.34. The van der Waals surface area contributed by atoms with Crippen LogP contribution in [-0.4, -0.2) is 37.6 Å². The van der Waals surface area contributed by atoms with Crippen LogP contribution < -0.4 is 10.2 Å². The number of carbonyl (C=O) groups excluding carboxylic acids is 2. The number of tetrazole rings is 1. The number of anilines is 1. The van der Waals surface area contributed by atoms with E-state index in [-0.39, 0.29) is 12.4 Å². The normalized spacial score (nSPS) is 12.3. The second-order valence-corrected chi connectivity index (χ2v) is 9.80. The van der Waals surface area contributed by atoms with Crippen molar-refractivity contribution in [3.05, 3.63) is 83.4 Å². The largest absolute Gasteiger partial charge is 0.458 e. The first-order chi connectivity index (χ1) is 17.5. The molecule has 0 aliphatic carbocycles. The molecular weight excluding hydrogens is 475 g/mol. The molecule has 0 aliphatic heterocycles. The lowest BCUT2D eigenvalue weighted by molar-refractivity contribution is -0.128. The Morgan fingerprint density at radius 1 is 1.05 bits per heavy atom. The standard InChI is InChI=1S/C27H29FN6O3/c1-17-8-6-7-9-21(17)34(23(35)16-33-31-25(30-32-33)22-15-10-18(2)37-22)24(26(36)29-27(3,4)5)19-11-13-20(28)14-12-19/h6-15,24H,16H2,1-5H3,(H,29,36). The summed E-state index contributed by atoms with van der Waals surface area (Å²) in [6, 6.07) is 15.2. The molecular formula is C27H29FN6O3. The van der Waals surface area contributed by atoms with E-state index in [1.807, 2.05) is 39.8 Å². The quantitative estimate of drug-likeness (QED) is 0.400. The number of aromatic nitrogens is 4. The fourth-order valence-electron chi connectivity index (χ4n) is 3.91. The van der Waals surface area contributed by atoms with Crippen molar-refractivity contribution in [2.24, 2.45) is 0 Å². The molecule has 1 atom stereocenters. The third-order valence-electron chi connectivity index (χ3n) is 5.52. The van der Waals surface area contributed by atoms with Crippen LogP contribution in [0.2, 0.25) is 0 Å². The van der Waals surface area contributed by atoms with Gasteiger partial charge in [0.25, 0.3) is 5.91 Å². The summed E-state index contributed by atoms with van der Waals surface area (Å²) >= 11 is 0. The Bertz CT molecular complexity index is 1400. The third-order valence-corrected chi connectivity index (χ3v) is 5.52. The van der Waals surface area contributed by atoms with E-state index in [0.29, 0.717) is 22.8 Å². The number of aryl methyl sites for hydroxylation is 2. The molecule has 9 nitrogen and oxygen atoms in total. The molecule has 0 fully saturated rings. The molecule has 0 spiro atoms. The number of halogens is 1. The highest BCUT2D eigenvalue weighted by atomic mass is 19.1. The summed E-state index contributed by atoms with van der Waals surface area (Å²) in [5.74, 6) is 0.0611. The zero-order valence-electron chi connectivity index (χ0n) is 21.4. The van der Waals surface area contributed by atoms with E-state index in [0.717, 1.165) is 10.4 Å². The Kier molecular flexibility index (Phi) is 7.19.